The van der Waals surface area contributed by atoms with Crippen LogP contribution >= 0.6 is 11.5 Å². The molecule has 0 spiro atoms. The van der Waals surface area contributed by atoms with Gasteiger partial charge in [-0.25, -0.2) is 0 Å². The minimum absolute atomic E-state index is 0.551. The number of amides is 1. The van der Waals surface area contributed by atoms with Crippen molar-refractivity contribution in [1.82, 2.24) is 4.37 Å². The lowest BCUT2D eigenvalue weighted by atomic mass is 10.2. The maximum Gasteiger partial charge on any atom is 0.435 e. The van der Waals surface area contributed by atoms with E-state index in [0.29, 0.717) is 11.5 Å². The summed E-state index contributed by atoms with van der Waals surface area (Å²) >= 11 is 0.551. The van der Waals surface area contributed by atoms with Crippen LogP contribution in [0.3, 0.4) is 0 Å². The summed E-state index contributed by atoms with van der Waals surface area (Å²) in [4.78, 5) is 10.4. The van der Waals surface area contributed by atoms with Gasteiger partial charge in [-0.1, -0.05) is 0 Å². The van der Waals surface area contributed by atoms with Crippen LogP contribution in [0.2, 0.25) is 0 Å². The van der Waals surface area contributed by atoms with Crippen molar-refractivity contribution in [2.75, 3.05) is 0 Å². The molecule has 66 valence electrons. The first-order valence-corrected chi connectivity index (χ1v) is 3.58. The van der Waals surface area contributed by atoms with Crippen molar-refractivity contribution in [3.05, 3.63) is 16.6 Å². The second-order valence-electron chi connectivity index (χ2n) is 1.94. The second-order valence-corrected chi connectivity index (χ2v) is 2.57. The maximum atomic E-state index is 12.0. The summed E-state index contributed by atoms with van der Waals surface area (Å²) in [7, 11) is 0. The van der Waals surface area contributed by atoms with Gasteiger partial charge in [0.1, 0.15) is 0 Å². The molecule has 0 aliphatic carbocycles. The summed E-state index contributed by atoms with van der Waals surface area (Å²) in [5.41, 5.74) is 2.90. The molecule has 3 nitrogen and oxygen atoms in total. The SMILES string of the molecule is NC(=O)c1csnc1C(F)(F)F. The van der Waals surface area contributed by atoms with Crippen LogP contribution in [-0.2, 0) is 6.18 Å². The Morgan fingerprint density at radius 1 is 1.58 bits per heavy atom. The van der Waals surface area contributed by atoms with E-state index in [0.717, 1.165) is 5.38 Å². The van der Waals surface area contributed by atoms with Crippen molar-refractivity contribution in [3.63, 3.8) is 0 Å². The molecule has 7 heteroatoms. The van der Waals surface area contributed by atoms with Crippen LogP contribution < -0.4 is 5.73 Å². The van der Waals surface area contributed by atoms with Gasteiger partial charge in [0.15, 0.2) is 5.69 Å². The van der Waals surface area contributed by atoms with Gasteiger partial charge in [-0.15, -0.1) is 0 Å². The van der Waals surface area contributed by atoms with Gasteiger partial charge >= 0.3 is 6.18 Å². The van der Waals surface area contributed by atoms with Crippen molar-refractivity contribution in [3.8, 4) is 0 Å². The fourth-order valence-corrected chi connectivity index (χ4v) is 1.31. The van der Waals surface area contributed by atoms with E-state index in [4.69, 9.17) is 0 Å². The highest BCUT2D eigenvalue weighted by atomic mass is 32.1. The number of hydrogen-bond donors (Lipinski definition) is 1. The topological polar surface area (TPSA) is 56.0 Å². The second kappa shape index (κ2) is 2.74. The van der Waals surface area contributed by atoms with Gasteiger partial charge < -0.3 is 5.73 Å². The molecule has 12 heavy (non-hydrogen) atoms. The van der Waals surface area contributed by atoms with Gasteiger partial charge in [-0.2, -0.15) is 17.5 Å². The summed E-state index contributed by atoms with van der Waals surface area (Å²) < 4.78 is 39.0. The van der Waals surface area contributed by atoms with Crippen molar-refractivity contribution < 1.29 is 18.0 Å². The average molecular weight is 196 g/mol. The Bertz CT molecular complexity index is 306. The quantitative estimate of drug-likeness (QED) is 0.735. The van der Waals surface area contributed by atoms with Gasteiger partial charge in [0.25, 0.3) is 5.91 Å². The summed E-state index contributed by atoms with van der Waals surface area (Å²) in [6, 6.07) is 0. The van der Waals surface area contributed by atoms with E-state index in [1.165, 1.54) is 0 Å². The summed E-state index contributed by atoms with van der Waals surface area (Å²) in [5, 5.41) is 0.977. The van der Waals surface area contributed by atoms with Gasteiger partial charge in [0.2, 0.25) is 0 Å². The average Bonchev–Trinajstić information content (AvgIpc) is 2.30. The standard InChI is InChI=1S/C5H3F3N2OS/c6-5(7,8)3-2(4(9)11)1-12-10-3/h1H,(H2,9,11). The van der Waals surface area contributed by atoms with E-state index >= 15 is 0 Å². The van der Waals surface area contributed by atoms with Gasteiger partial charge in [-0.05, 0) is 11.5 Å². The van der Waals surface area contributed by atoms with Crippen LogP contribution in [0.25, 0.3) is 0 Å². The molecule has 1 heterocycles. The zero-order valence-corrected chi connectivity index (χ0v) is 6.37. The third-order valence-electron chi connectivity index (χ3n) is 1.10. The molecule has 0 radical (unpaired) electrons. The number of nitrogens with zero attached hydrogens (tertiary/aromatic N) is 1. The highest BCUT2D eigenvalue weighted by molar-refractivity contribution is 7.04. The van der Waals surface area contributed by atoms with Crippen LogP contribution in [0.15, 0.2) is 5.38 Å². The molecule has 1 aromatic rings. The number of primary amides is 1. The molecular weight excluding hydrogens is 193 g/mol. The molecule has 1 aromatic heterocycles. The molecule has 0 aromatic carbocycles. The number of carbonyl (C=O) groups excluding carboxylic acids is 1. The Labute approximate surface area is 69.2 Å². The third kappa shape index (κ3) is 1.55. The molecule has 0 atom stereocenters. The monoisotopic (exact) mass is 196 g/mol. The van der Waals surface area contributed by atoms with E-state index in [1.807, 2.05) is 0 Å². The normalized spacial score (nSPS) is 11.6. The maximum absolute atomic E-state index is 12.0. The molecule has 0 bridgehead atoms. The van der Waals surface area contributed by atoms with Crippen molar-refractivity contribution >= 4 is 17.4 Å². The molecule has 0 aliphatic heterocycles. The predicted octanol–water partition coefficient (Wildman–Crippen LogP) is 1.26. The number of carbonyl (C=O) groups is 1. The van der Waals surface area contributed by atoms with Crippen LogP contribution in [-0.4, -0.2) is 10.3 Å². The molecule has 1 amide bonds. The first-order valence-electron chi connectivity index (χ1n) is 2.74. The summed E-state index contributed by atoms with van der Waals surface area (Å²) in [5.74, 6) is -1.11. The number of hydrogen-bond acceptors (Lipinski definition) is 3. The Balaban J connectivity index is 3.17. The van der Waals surface area contributed by atoms with Crippen LogP contribution in [0.5, 0.6) is 0 Å². The molecule has 0 saturated heterocycles. The van der Waals surface area contributed by atoms with E-state index < -0.39 is 23.3 Å². The van der Waals surface area contributed by atoms with E-state index in [-0.39, 0.29) is 0 Å². The number of halogens is 3. The van der Waals surface area contributed by atoms with Gasteiger partial charge in [-0.3, -0.25) is 4.79 Å². The molecule has 1 rings (SSSR count). The molecular formula is C5H3F3N2OS. The zero-order chi connectivity index (χ0) is 9.35. The predicted molar refractivity (Wildman–Crippen MR) is 35.6 cm³/mol. The van der Waals surface area contributed by atoms with Crippen molar-refractivity contribution in [1.29, 1.82) is 0 Å². The zero-order valence-electron chi connectivity index (χ0n) is 5.55. The molecule has 0 aliphatic rings. The highest BCUT2D eigenvalue weighted by Gasteiger charge is 2.37. The Hall–Kier alpha value is -1.11. The largest absolute Gasteiger partial charge is 0.435 e. The Morgan fingerprint density at radius 3 is 2.50 bits per heavy atom. The fraction of sp³-hybridized carbons (Fsp3) is 0.200. The minimum atomic E-state index is -4.61. The van der Waals surface area contributed by atoms with E-state index in [1.54, 1.807) is 0 Å². The van der Waals surface area contributed by atoms with Crippen LogP contribution in [0.1, 0.15) is 16.1 Å². The first kappa shape index (κ1) is 8.98. The lowest BCUT2D eigenvalue weighted by Crippen LogP contribution is -2.17. The Kier molecular flexibility index (Phi) is 2.05. The van der Waals surface area contributed by atoms with Crippen LogP contribution in [0, 0.1) is 0 Å². The van der Waals surface area contributed by atoms with Gasteiger partial charge in [0, 0.05) is 5.38 Å². The van der Waals surface area contributed by atoms with Gasteiger partial charge in [0.05, 0.1) is 5.56 Å². The molecule has 0 fully saturated rings. The lowest BCUT2D eigenvalue weighted by molar-refractivity contribution is -0.140. The first-order chi connectivity index (χ1) is 5.43. The molecule has 0 saturated carbocycles. The highest BCUT2D eigenvalue weighted by Crippen LogP contribution is 2.31. The number of aromatic nitrogens is 1. The minimum Gasteiger partial charge on any atom is -0.366 e. The fourth-order valence-electron chi connectivity index (χ4n) is 0.616. The molecule has 0 unspecified atom stereocenters. The number of nitrogens with two attached hydrogens (primary N) is 1. The smallest absolute Gasteiger partial charge is 0.366 e. The van der Waals surface area contributed by atoms with E-state index in [9.17, 15) is 18.0 Å². The number of alkyl halides is 3. The van der Waals surface area contributed by atoms with Crippen LogP contribution in [0.4, 0.5) is 13.2 Å². The molecule has 2 N–H and O–H groups in total. The van der Waals surface area contributed by atoms with E-state index in [2.05, 4.69) is 10.1 Å². The van der Waals surface area contributed by atoms with Crippen molar-refractivity contribution in [2.45, 2.75) is 6.18 Å². The third-order valence-corrected chi connectivity index (χ3v) is 1.73. The Morgan fingerprint density at radius 2 is 2.17 bits per heavy atom. The lowest BCUT2D eigenvalue weighted by Gasteiger charge is -2.02. The summed E-state index contributed by atoms with van der Waals surface area (Å²) in [6.07, 6.45) is -4.61. The number of rotatable bonds is 1. The van der Waals surface area contributed by atoms with Crippen molar-refractivity contribution in [2.24, 2.45) is 5.73 Å². The summed E-state index contributed by atoms with van der Waals surface area (Å²) in [6.45, 7) is 0.